The van der Waals surface area contributed by atoms with E-state index in [1.54, 1.807) is 0 Å². The van der Waals surface area contributed by atoms with E-state index in [2.05, 4.69) is 0 Å². The summed E-state index contributed by atoms with van der Waals surface area (Å²) in [5, 5.41) is 0. The van der Waals surface area contributed by atoms with Gasteiger partial charge >= 0.3 is 29.6 Å². The molecule has 0 aliphatic heterocycles. The number of rotatable bonds is 1. The van der Waals surface area contributed by atoms with Gasteiger partial charge in [0.05, 0.1) is 0 Å². The standard InChI is InChI=1S/CH2O.Na.H2O4S2.H/c1-2;;1-5(2)6(3)4;/h1H2;;(H,1,2)(H,3,4);/q;+1;;-1. The molecule has 0 aromatic carbocycles. The monoisotopic (exact) mass is 184 g/mol. The Morgan fingerprint density at radius 2 is 1.22 bits per heavy atom. The van der Waals surface area contributed by atoms with E-state index >= 15 is 0 Å². The second-order valence-corrected chi connectivity index (χ2v) is 3.01. The van der Waals surface area contributed by atoms with Crippen molar-refractivity contribution in [3.05, 3.63) is 0 Å². The molecule has 0 bridgehead atoms. The first-order valence-electron chi connectivity index (χ1n) is 1.15. The Kier molecular flexibility index (Phi) is 21.3. The minimum Gasteiger partial charge on any atom is -1.00 e. The molecule has 2 unspecified atom stereocenters. The van der Waals surface area contributed by atoms with E-state index in [4.69, 9.17) is 13.9 Å². The smallest absolute Gasteiger partial charge is 1.00 e. The van der Waals surface area contributed by atoms with Gasteiger partial charge in [0.2, 0.25) is 0 Å². The summed E-state index contributed by atoms with van der Waals surface area (Å²) in [5.41, 5.74) is 0. The van der Waals surface area contributed by atoms with E-state index < -0.39 is 20.2 Å². The zero-order valence-electron chi connectivity index (χ0n) is 5.64. The predicted octanol–water partition coefficient (Wildman–Crippen LogP) is -3.72. The summed E-state index contributed by atoms with van der Waals surface area (Å²) in [6, 6.07) is 0. The van der Waals surface area contributed by atoms with Gasteiger partial charge in [-0.1, -0.05) is 0 Å². The number of hydrogen-bond donors (Lipinski definition) is 2. The Morgan fingerprint density at radius 3 is 1.22 bits per heavy atom. The van der Waals surface area contributed by atoms with Gasteiger partial charge in [-0.2, -0.15) is 0 Å². The quantitative estimate of drug-likeness (QED) is 0.248. The van der Waals surface area contributed by atoms with Gasteiger partial charge in [0.15, 0.2) is 0 Å². The molecule has 2 atom stereocenters. The van der Waals surface area contributed by atoms with Crippen LogP contribution < -0.4 is 29.6 Å². The molecule has 8 heteroatoms. The molecular formula is CH5NaO5S2. The molecular weight excluding hydrogens is 179 g/mol. The Balaban J connectivity index is -0.0000000412. The molecule has 0 spiro atoms. The van der Waals surface area contributed by atoms with E-state index in [9.17, 15) is 8.42 Å². The van der Waals surface area contributed by atoms with Gasteiger partial charge in [0.25, 0.3) is 20.2 Å². The predicted molar refractivity (Wildman–Crippen MR) is 29.8 cm³/mol. The molecule has 0 aromatic heterocycles. The maximum atomic E-state index is 9.26. The van der Waals surface area contributed by atoms with Gasteiger partial charge in [-0.3, -0.25) is 9.11 Å². The van der Waals surface area contributed by atoms with Crippen LogP contribution in [-0.2, 0) is 25.0 Å². The molecule has 0 rings (SSSR count). The topological polar surface area (TPSA) is 91.7 Å². The van der Waals surface area contributed by atoms with Gasteiger partial charge < -0.3 is 6.22 Å². The van der Waals surface area contributed by atoms with Crippen molar-refractivity contribution in [2.24, 2.45) is 0 Å². The van der Waals surface area contributed by atoms with E-state index in [-0.39, 0.29) is 31.0 Å². The summed E-state index contributed by atoms with van der Waals surface area (Å²) in [7, 11) is -5.18. The SMILES string of the molecule is C=O.O=S(O)S(=O)O.[H-].[Na+]. The fourth-order valence-corrected chi connectivity index (χ4v) is 0. The van der Waals surface area contributed by atoms with Crippen molar-refractivity contribution in [3.63, 3.8) is 0 Å². The molecule has 0 amide bonds. The minimum atomic E-state index is -2.59. The van der Waals surface area contributed by atoms with E-state index in [0.717, 1.165) is 0 Å². The largest absolute Gasteiger partial charge is 1.00 e. The van der Waals surface area contributed by atoms with Gasteiger partial charge in [0.1, 0.15) is 6.79 Å². The van der Waals surface area contributed by atoms with Crippen molar-refractivity contribution in [3.8, 4) is 0 Å². The molecule has 0 fully saturated rings. The number of carbonyl (C=O) groups is 1. The summed E-state index contributed by atoms with van der Waals surface area (Å²) >= 11 is 0. The average Bonchev–Trinajstić information content (AvgIpc) is 1.72. The zero-order chi connectivity index (χ0) is 7.15. The van der Waals surface area contributed by atoms with Crippen LogP contribution in [0.15, 0.2) is 0 Å². The first kappa shape index (κ1) is 16.5. The van der Waals surface area contributed by atoms with Crippen LogP contribution >= 0.6 is 0 Å². The zero-order valence-corrected chi connectivity index (χ0v) is 8.28. The second-order valence-electron chi connectivity index (χ2n) is 0.434. The van der Waals surface area contributed by atoms with Gasteiger partial charge in [-0.25, -0.2) is 8.42 Å². The normalized spacial score (nSPS) is 13.6. The van der Waals surface area contributed by atoms with E-state index in [1.807, 2.05) is 6.79 Å². The summed E-state index contributed by atoms with van der Waals surface area (Å²) in [6.07, 6.45) is 0. The third-order valence-corrected chi connectivity index (χ3v) is 1.10. The molecule has 0 radical (unpaired) electrons. The van der Waals surface area contributed by atoms with Crippen LogP contribution in [0, 0.1) is 0 Å². The van der Waals surface area contributed by atoms with Crippen molar-refractivity contribution in [2.75, 3.05) is 0 Å². The van der Waals surface area contributed by atoms with Crippen LogP contribution in [0.1, 0.15) is 1.43 Å². The fraction of sp³-hybridized carbons (Fsp3) is 0. The maximum Gasteiger partial charge on any atom is 1.00 e. The second kappa shape index (κ2) is 11.7. The van der Waals surface area contributed by atoms with Gasteiger partial charge in [-0.15, -0.1) is 0 Å². The van der Waals surface area contributed by atoms with Crippen molar-refractivity contribution in [1.82, 2.24) is 0 Å². The van der Waals surface area contributed by atoms with E-state index in [1.165, 1.54) is 0 Å². The van der Waals surface area contributed by atoms with Crippen molar-refractivity contribution >= 4 is 27.0 Å². The van der Waals surface area contributed by atoms with Crippen LogP contribution in [0.3, 0.4) is 0 Å². The van der Waals surface area contributed by atoms with Crippen molar-refractivity contribution in [1.29, 1.82) is 0 Å². The van der Waals surface area contributed by atoms with Crippen LogP contribution in [-0.4, -0.2) is 24.3 Å². The summed E-state index contributed by atoms with van der Waals surface area (Å²) in [5.74, 6) is 0. The molecule has 52 valence electrons. The van der Waals surface area contributed by atoms with Crippen molar-refractivity contribution in [2.45, 2.75) is 0 Å². The molecule has 0 aromatic rings. The van der Waals surface area contributed by atoms with Gasteiger partial charge in [0, 0.05) is 0 Å². The molecule has 0 saturated heterocycles. The molecule has 0 aliphatic carbocycles. The Labute approximate surface area is 80.0 Å². The number of carbonyl (C=O) groups excluding carboxylic acids is 1. The van der Waals surface area contributed by atoms with Crippen LogP contribution in [0.25, 0.3) is 0 Å². The third kappa shape index (κ3) is 17.6. The molecule has 5 nitrogen and oxygen atoms in total. The van der Waals surface area contributed by atoms with Crippen LogP contribution in [0.5, 0.6) is 0 Å². The van der Waals surface area contributed by atoms with E-state index in [0.29, 0.717) is 0 Å². The summed E-state index contributed by atoms with van der Waals surface area (Å²) in [6.45, 7) is 2.00. The van der Waals surface area contributed by atoms with Crippen molar-refractivity contribution < 1.29 is 53.3 Å². The Bertz CT molecular complexity index is 95.8. The van der Waals surface area contributed by atoms with Crippen LogP contribution in [0.4, 0.5) is 0 Å². The Hall–Kier alpha value is 0.890. The first-order chi connectivity index (χ1) is 3.64. The Morgan fingerprint density at radius 1 is 1.11 bits per heavy atom. The molecule has 0 heterocycles. The average molecular weight is 184 g/mol. The van der Waals surface area contributed by atoms with Gasteiger partial charge in [-0.05, 0) is 0 Å². The summed E-state index contributed by atoms with van der Waals surface area (Å²) in [4.78, 5) is 8.00. The molecule has 0 saturated carbocycles. The minimum absolute atomic E-state index is 0. The fourth-order valence-electron chi connectivity index (χ4n) is 0. The first-order valence-corrected chi connectivity index (χ1v) is 3.88. The molecule has 0 aliphatic rings. The molecule has 9 heavy (non-hydrogen) atoms. The number of hydrogen-bond acceptors (Lipinski definition) is 3. The third-order valence-electron chi connectivity index (χ3n) is 0.122. The maximum absolute atomic E-state index is 9.26. The molecule has 2 N–H and O–H groups in total. The summed E-state index contributed by atoms with van der Waals surface area (Å²) < 4.78 is 33.6. The van der Waals surface area contributed by atoms with Crippen LogP contribution in [0.2, 0.25) is 0 Å².